The summed E-state index contributed by atoms with van der Waals surface area (Å²) in [6.45, 7) is 8.34. The Kier molecular flexibility index (Phi) is 4.12. The van der Waals surface area contributed by atoms with Crippen molar-refractivity contribution in [3.05, 3.63) is 0 Å². The van der Waals surface area contributed by atoms with Crippen molar-refractivity contribution in [2.45, 2.75) is 77.9 Å². The number of nitrogens with zero attached hydrogens (tertiary/aromatic N) is 1. The number of carbonyl (C=O) groups excluding carboxylic acids is 2. The van der Waals surface area contributed by atoms with Gasteiger partial charge in [0.15, 0.2) is 0 Å². The van der Waals surface area contributed by atoms with E-state index in [-0.39, 0.29) is 23.3 Å². The zero-order chi connectivity index (χ0) is 15.0. The van der Waals surface area contributed by atoms with Gasteiger partial charge in [0.25, 0.3) is 0 Å². The standard InChI is InChI=1S/C16H27NO3/c1-15(2,3)20-13(18)12-8-7-11-17(12)14(19)16(4)9-5-6-10-16/h12H,5-11H2,1-4H3/t12-/m1/s1. The van der Waals surface area contributed by atoms with Crippen molar-refractivity contribution in [3.63, 3.8) is 0 Å². The monoisotopic (exact) mass is 281 g/mol. The van der Waals surface area contributed by atoms with Gasteiger partial charge in [-0.15, -0.1) is 0 Å². The molecule has 0 aromatic carbocycles. The highest BCUT2D eigenvalue weighted by Gasteiger charge is 2.45. The number of esters is 1. The van der Waals surface area contributed by atoms with E-state index in [0.29, 0.717) is 6.54 Å². The molecular weight excluding hydrogens is 254 g/mol. The molecule has 2 rings (SSSR count). The van der Waals surface area contributed by atoms with Crippen LogP contribution in [0.3, 0.4) is 0 Å². The predicted octanol–water partition coefficient (Wildman–Crippen LogP) is 2.90. The number of likely N-dealkylation sites (tertiary alicyclic amines) is 1. The van der Waals surface area contributed by atoms with Crippen LogP contribution >= 0.6 is 0 Å². The van der Waals surface area contributed by atoms with E-state index in [9.17, 15) is 9.59 Å². The molecule has 1 saturated carbocycles. The Bertz CT molecular complexity index is 391. The van der Waals surface area contributed by atoms with Crippen molar-refractivity contribution in [3.8, 4) is 0 Å². The summed E-state index contributed by atoms with van der Waals surface area (Å²) in [7, 11) is 0. The molecule has 114 valence electrons. The largest absolute Gasteiger partial charge is 0.458 e. The molecule has 0 aromatic heterocycles. The summed E-state index contributed by atoms with van der Waals surface area (Å²) in [6.07, 6.45) is 5.76. The first-order chi connectivity index (χ1) is 9.23. The first kappa shape index (κ1) is 15.3. The van der Waals surface area contributed by atoms with Gasteiger partial charge in [-0.3, -0.25) is 4.79 Å². The lowest BCUT2D eigenvalue weighted by Gasteiger charge is -2.33. The highest BCUT2D eigenvalue weighted by molar-refractivity contribution is 5.88. The summed E-state index contributed by atoms with van der Waals surface area (Å²) < 4.78 is 5.46. The maximum Gasteiger partial charge on any atom is 0.329 e. The van der Waals surface area contributed by atoms with Gasteiger partial charge in [-0.2, -0.15) is 0 Å². The Morgan fingerprint density at radius 2 is 1.75 bits per heavy atom. The molecule has 2 aliphatic rings. The van der Waals surface area contributed by atoms with Crippen LogP contribution in [0.1, 0.15) is 66.2 Å². The van der Waals surface area contributed by atoms with Crippen LogP contribution in [-0.2, 0) is 14.3 Å². The molecular formula is C16H27NO3. The van der Waals surface area contributed by atoms with E-state index in [2.05, 4.69) is 0 Å². The van der Waals surface area contributed by atoms with E-state index in [1.807, 2.05) is 27.7 Å². The van der Waals surface area contributed by atoms with E-state index < -0.39 is 5.60 Å². The lowest BCUT2D eigenvalue weighted by molar-refractivity contribution is -0.165. The van der Waals surface area contributed by atoms with Gasteiger partial charge in [0.1, 0.15) is 11.6 Å². The number of carbonyl (C=O) groups is 2. The minimum Gasteiger partial charge on any atom is -0.458 e. The van der Waals surface area contributed by atoms with E-state index in [1.165, 1.54) is 0 Å². The van der Waals surface area contributed by atoms with Crippen LogP contribution in [-0.4, -0.2) is 35.0 Å². The second-order valence-corrected chi connectivity index (χ2v) is 7.46. The van der Waals surface area contributed by atoms with E-state index in [4.69, 9.17) is 4.74 Å². The van der Waals surface area contributed by atoms with Crippen molar-refractivity contribution in [2.75, 3.05) is 6.54 Å². The Hall–Kier alpha value is -1.06. The van der Waals surface area contributed by atoms with Gasteiger partial charge < -0.3 is 9.64 Å². The Labute approximate surface area is 121 Å². The zero-order valence-corrected chi connectivity index (χ0v) is 13.2. The summed E-state index contributed by atoms with van der Waals surface area (Å²) in [5.74, 6) is -0.0895. The predicted molar refractivity (Wildman–Crippen MR) is 77.2 cm³/mol. The van der Waals surface area contributed by atoms with Crippen molar-refractivity contribution < 1.29 is 14.3 Å². The van der Waals surface area contributed by atoms with Crippen molar-refractivity contribution in [1.29, 1.82) is 0 Å². The highest BCUT2D eigenvalue weighted by atomic mass is 16.6. The van der Waals surface area contributed by atoms with E-state index in [0.717, 1.165) is 38.5 Å². The third kappa shape index (κ3) is 3.15. The molecule has 0 spiro atoms. The lowest BCUT2D eigenvalue weighted by Crippen LogP contribution is -2.48. The number of rotatable bonds is 2. The van der Waals surface area contributed by atoms with Crippen molar-refractivity contribution in [2.24, 2.45) is 5.41 Å². The molecule has 1 saturated heterocycles. The molecule has 0 bridgehead atoms. The zero-order valence-electron chi connectivity index (χ0n) is 13.2. The maximum absolute atomic E-state index is 12.8. The Morgan fingerprint density at radius 3 is 2.30 bits per heavy atom. The van der Waals surface area contributed by atoms with Gasteiger partial charge in [0.05, 0.1) is 0 Å². The van der Waals surface area contributed by atoms with Crippen LogP contribution in [0, 0.1) is 5.41 Å². The van der Waals surface area contributed by atoms with Crippen LogP contribution in [0.4, 0.5) is 0 Å². The molecule has 0 unspecified atom stereocenters. The minimum atomic E-state index is -0.494. The number of ether oxygens (including phenoxy) is 1. The van der Waals surface area contributed by atoms with Gasteiger partial charge in [-0.05, 0) is 46.5 Å². The third-order valence-electron chi connectivity index (χ3n) is 4.42. The SMILES string of the molecule is CC(C)(C)OC(=O)[C@H]1CCCN1C(=O)C1(C)CCCC1. The molecule has 4 nitrogen and oxygen atoms in total. The average molecular weight is 281 g/mol. The van der Waals surface area contributed by atoms with Gasteiger partial charge in [0.2, 0.25) is 5.91 Å². The third-order valence-corrected chi connectivity index (χ3v) is 4.42. The Morgan fingerprint density at radius 1 is 1.15 bits per heavy atom. The van der Waals surface area contributed by atoms with Crippen LogP contribution in [0.15, 0.2) is 0 Å². The number of amides is 1. The fraction of sp³-hybridized carbons (Fsp3) is 0.875. The smallest absolute Gasteiger partial charge is 0.329 e. The highest BCUT2D eigenvalue weighted by Crippen LogP contribution is 2.40. The normalized spacial score (nSPS) is 25.8. The van der Waals surface area contributed by atoms with Gasteiger partial charge in [0, 0.05) is 12.0 Å². The van der Waals surface area contributed by atoms with Crippen LogP contribution < -0.4 is 0 Å². The summed E-state index contributed by atoms with van der Waals surface area (Å²) in [5, 5.41) is 0. The van der Waals surface area contributed by atoms with Gasteiger partial charge in [-0.25, -0.2) is 4.79 Å². The van der Waals surface area contributed by atoms with Gasteiger partial charge >= 0.3 is 5.97 Å². The van der Waals surface area contributed by atoms with Gasteiger partial charge in [-0.1, -0.05) is 19.8 Å². The quantitative estimate of drug-likeness (QED) is 0.731. The van der Waals surface area contributed by atoms with E-state index >= 15 is 0 Å². The molecule has 4 heteroatoms. The second kappa shape index (κ2) is 5.38. The molecule has 0 aromatic rings. The average Bonchev–Trinajstić information content (AvgIpc) is 2.94. The number of hydrogen-bond donors (Lipinski definition) is 0. The lowest BCUT2D eigenvalue weighted by atomic mass is 9.87. The van der Waals surface area contributed by atoms with Crippen LogP contribution in [0.2, 0.25) is 0 Å². The summed E-state index contributed by atoms with van der Waals surface area (Å²) in [6, 6.07) is -0.376. The molecule has 1 amide bonds. The summed E-state index contributed by atoms with van der Waals surface area (Å²) >= 11 is 0. The first-order valence-electron chi connectivity index (χ1n) is 7.77. The minimum absolute atomic E-state index is 0.156. The molecule has 1 heterocycles. The fourth-order valence-electron chi connectivity index (χ4n) is 3.34. The number of hydrogen-bond acceptors (Lipinski definition) is 3. The van der Waals surface area contributed by atoms with Crippen LogP contribution in [0.25, 0.3) is 0 Å². The summed E-state index contributed by atoms with van der Waals surface area (Å²) in [4.78, 5) is 26.8. The van der Waals surface area contributed by atoms with Crippen molar-refractivity contribution in [1.82, 2.24) is 4.90 Å². The molecule has 0 radical (unpaired) electrons. The molecule has 1 atom stereocenters. The fourth-order valence-corrected chi connectivity index (χ4v) is 3.34. The summed E-state index contributed by atoms with van der Waals surface area (Å²) in [5.41, 5.74) is -0.754. The molecule has 1 aliphatic heterocycles. The molecule has 0 N–H and O–H groups in total. The molecule has 2 fully saturated rings. The second-order valence-electron chi connectivity index (χ2n) is 7.46. The topological polar surface area (TPSA) is 46.6 Å². The van der Waals surface area contributed by atoms with Crippen molar-refractivity contribution >= 4 is 11.9 Å². The van der Waals surface area contributed by atoms with Crippen LogP contribution in [0.5, 0.6) is 0 Å². The Balaban J connectivity index is 2.07. The maximum atomic E-state index is 12.8. The first-order valence-corrected chi connectivity index (χ1v) is 7.77. The van der Waals surface area contributed by atoms with E-state index in [1.54, 1.807) is 4.90 Å². The molecule has 20 heavy (non-hydrogen) atoms. The molecule has 1 aliphatic carbocycles.